The van der Waals surface area contributed by atoms with Crippen LogP contribution in [-0.4, -0.2) is 6.04 Å². The van der Waals surface area contributed by atoms with E-state index in [1.165, 1.54) is 42.5 Å². The monoisotopic (exact) mass is 231 g/mol. The molecule has 17 heavy (non-hydrogen) atoms. The van der Waals surface area contributed by atoms with Crippen molar-refractivity contribution in [3.8, 4) is 0 Å². The second-order valence-electron chi connectivity index (χ2n) is 5.54. The maximum Gasteiger partial charge on any atom is 0.0404 e. The van der Waals surface area contributed by atoms with Gasteiger partial charge in [0, 0.05) is 11.7 Å². The SMILES string of the molecule is CCc1cccc(C)c1NC(C)CC1CCC1. The van der Waals surface area contributed by atoms with Gasteiger partial charge in [-0.05, 0) is 43.7 Å². The van der Waals surface area contributed by atoms with Gasteiger partial charge in [-0.15, -0.1) is 0 Å². The van der Waals surface area contributed by atoms with E-state index in [1.807, 2.05) is 0 Å². The summed E-state index contributed by atoms with van der Waals surface area (Å²) in [6.45, 7) is 6.76. The Morgan fingerprint density at radius 1 is 1.35 bits per heavy atom. The quantitative estimate of drug-likeness (QED) is 0.784. The Morgan fingerprint density at radius 2 is 2.12 bits per heavy atom. The third-order valence-electron chi connectivity index (χ3n) is 4.04. The molecule has 1 atom stereocenters. The number of aryl methyl sites for hydroxylation is 2. The van der Waals surface area contributed by atoms with Crippen LogP contribution in [0.15, 0.2) is 18.2 Å². The molecule has 0 amide bonds. The summed E-state index contributed by atoms with van der Waals surface area (Å²) < 4.78 is 0. The van der Waals surface area contributed by atoms with Crippen molar-refractivity contribution in [2.45, 2.75) is 58.9 Å². The Bertz CT molecular complexity index is 366. The average molecular weight is 231 g/mol. The van der Waals surface area contributed by atoms with E-state index in [-0.39, 0.29) is 0 Å². The molecular weight excluding hydrogens is 206 g/mol. The van der Waals surface area contributed by atoms with Crippen LogP contribution in [0.4, 0.5) is 5.69 Å². The van der Waals surface area contributed by atoms with Crippen LogP contribution in [0.25, 0.3) is 0 Å². The minimum Gasteiger partial charge on any atom is -0.382 e. The van der Waals surface area contributed by atoms with Crippen LogP contribution in [-0.2, 0) is 6.42 Å². The molecule has 1 nitrogen and oxygen atoms in total. The predicted molar refractivity (Wildman–Crippen MR) is 75.6 cm³/mol. The zero-order valence-corrected chi connectivity index (χ0v) is 11.4. The number of rotatable bonds is 5. The fourth-order valence-electron chi connectivity index (χ4n) is 2.76. The highest BCUT2D eigenvalue weighted by Crippen LogP contribution is 2.31. The van der Waals surface area contributed by atoms with Crippen LogP contribution in [0.2, 0.25) is 0 Å². The Kier molecular flexibility index (Phi) is 4.09. The van der Waals surface area contributed by atoms with Crippen molar-refractivity contribution >= 4 is 5.69 Å². The Morgan fingerprint density at radius 3 is 2.71 bits per heavy atom. The third kappa shape index (κ3) is 3.02. The van der Waals surface area contributed by atoms with Crippen LogP contribution in [0.1, 0.15) is 50.7 Å². The summed E-state index contributed by atoms with van der Waals surface area (Å²) in [6, 6.07) is 7.21. The van der Waals surface area contributed by atoms with Crippen LogP contribution >= 0.6 is 0 Å². The molecule has 1 aromatic carbocycles. The molecule has 1 aliphatic carbocycles. The van der Waals surface area contributed by atoms with Gasteiger partial charge in [-0.3, -0.25) is 0 Å². The number of anilines is 1. The number of hydrogen-bond acceptors (Lipinski definition) is 1. The van der Waals surface area contributed by atoms with Crippen LogP contribution in [0, 0.1) is 12.8 Å². The van der Waals surface area contributed by atoms with Gasteiger partial charge in [-0.2, -0.15) is 0 Å². The minimum absolute atomic E-state index is 0.603. The number of nitrogens with one attached hydrogen (secondary N) is 1. The van der Waals surface area contributed by atoms with Gasteiger partial charge >= 0.3 is 0 Å². The average Bonchev–Trinajstić information content (AvgIpc) is 2.26. The Balaban J connectivity index is 2.00. The first-order chi connectivity index (χ1) is 8.20. The first-order valence-corrected chi connectivity index (χ1v) is 7.05. The molecule has 0 aromatic heterocycles. The summed E-state index contributed by atoms with van der Waals surface area (Å²) in [5.41, 5.74) is 4.21. The molecule has 1 aliphatic rings. The fraction of sp³-hybridized carbons (Fsp3) is 0.625. The lowest BCUT2D eigenvalue weighted by molar-refractivity contribution is 0.286. The van der Waals surface area contributed by atoms with E-state index in [0.29, 0.717) is 6.04 Å². The normalized spacial score (nSPS) is 17.6. The largest absolute Gasteiger partial charge is 0.382 e. The molecule has 1 aromatic rings. The molecule has 0 heterocycles. The second kappa shape index (κ2) is 5.57. The van der Waals surface area contributed by atoms with E-state index in [4.69, 9.17) is 0 Å². The first-order valence-electron chi connectivity index (χ1n) is 7.05. The zero-order chi connectivity index (χ0) is 12.3. The molecule has 0 aliphatic heterocycles. The van der Waals surface area contributed by atoms with E-state index >= 15 is 0 Å². The lowest BCUT2D eigenvalue weighted by atomic mass is 9.81. The lowest BCUT2D eigenvalue weighted by Gasteiger charge is -2.29. The highest BCUT2D eigenvalue weighted by atomic mass is 14.9. The maximum atomic E-state index is 3.73. The number of hydrogen-bond donors (Lipinski definition) is 1. The van der Waals surface area contributed by atoms with Crippen molar-refractivity contribution in [3.05, 3.63) is 29.3 Å². The van der Waals surface area contributed by atoms with E-state index in [0.717, 1.165) is 12.3 Å². The van der Waals surface area contributed by atoms with Gasteiger partial charge in [0.05, 0.1) is 0 Å². The molecule has 0 bridgehead atoms. The molecule has 1 unspecified atom stereocenters. The Labute approximate surface area is 106 Å². The summed E-state index contributed by atoms with van der Waals surface area (Å²) in [5.74, 6) is 0.978. The van der Waals surface area contributed by atoms with Gasteiger partial charge in [-0.1, -0.05) is 44.4 Å². The summed E-state index contributed by atoms with van der Waals surface area (Å²) in [4.78, 5) is 0. The summed E-state index contributed by atoms with van der Waals surface area (Å²) >= 11 is 0. The van der Waals surface area contributed by atoms with Crippen LogP contribution in [0.5, 0.6) is 0 Å². The van der Waals surface area contributed by atoms with Crippen molar-refractivity contribution in [2.75, 3.05) is 5.32 Å². The lowest BCUT2D eigenvalue weighted by Crippen LogP contribution is -2.24. The van der Waals surface area contributed by atoms with Crippen LogP contribution < -0.4 is 5.32 Å². The number of benzene rings is 1. The Hall–Kier alpha value is -0.980. The van der Waals surface area contributed by atoms with Gasteiger partial charge in [0.25, 0.3) is 0 Å². The van der Waals surface area contributed by atoms with Crippen molar-refractivity contribution in [1.29, 1.82) is 0 Å². The summed E-state index contributed by atoms with van der Waals surface area (Å²) in [7, 11) is 0. The van der Waals surface area contributed by atoms with Crippen molar-refractivity contribution in [2.24, 2.45) is 5.92 Å². The molecule has 1 heteroatoms. The van der Waals surface area contributed by atoms with Gasteiger partial charge in [0.15, 0.2) is 0 Å². The molecule has 0 spiro atoms. The molecular formula is C16H25N. The number of para-hydroxylation sites is 1. The first kappa shape index (κ1) is 12.5. The van der Waals surface area contributed by atoms with E-state index in [1.54, 1.807) is 0 Å². The summed E-state index contributed by atoms with van der Waals surface area (Å²) in [5, 5.41) is 3.73. The van der Waals surface area contributed by atoms with Gasteiger partial charge in [0.2, 0.25) is 0 Å². The molecule has 1 N–H and O–H groups in total. The highest BCUT2D eigenvalue weighted by Gasteiger charge is 2.20. The van der Waals surface area contributed by atoms with Crippen molar-refractivity contribution in [1.82, 2.24) is 0 Å². The molecule has 0 saturated heterocycles. The highest BCUT2D eigenvalue weighted by molar-refractivity contribution is 5.57. The maximum absolute atomic E-state index is 3.73. The topological polar surface area (TPSA) is 12.0 Å². The van der Waals surface area contributed by atoms with E-state index in [9.17, 15) is 0 Å². The molecule has 94 valence electrons. The summed E-state index contributed by atoms with van der Waals surface area (Å²) in [6.07, 6.45) is 6.78. The van der Waals surface area contributed by atoms with Crippen molar-refractivity contribution < 1.29 is 0 Å². The smallest absolute Gasteiger partial charge is 0.0404 e. The predicted octanol–water partition coefficient (Wildman–Crippen LogP) is 4.55. The second-order valence-corrected chi connectivity index (χ2v) is 5.54. The standard InChI is InChI=1S/C16H25N/c1-4-15-10-5-7-12(2)16(15)17-13(3)11-14-8-6-9-14/h5,7,10,13-14,17H,4,6,8-9,11H2,1-3H3. The molecule has 1 fully saturated rings. The molecule has 0 radical (unpaired) electrons. The fourth-order valence-corrected chi connectivity index (χ4v) is 2.76. The molecule has 2 rings (SSSR count). The minimum atomic E-state index is 0.603. The van der Waals surface area contributed by atoms with Gasteiger partial charge in [0.1, 0.15) is 0 Å². The van der Waals surface area contributed by atoms with Crippen LogP contribution in [0.3, 0.4) is 0 Å². The van der Waals surface area contributed by atoms with Crippen molar-refractivity contribution in [3.63, 3.8) is 0 Å². The van der Waals surface area contributed by atoms with E-state index in [2.05, 4.69) is 44.3 Å². The molecule has 1 saturated carbocycles. The van der Waals surface area contributed by atoms with Gasteiger partial charge < -0.3 is 5.32 Å². The third-order valence-corrected chi connectivity index (χ3v) is 4.04. The van der Waals surface area contributed by atoms with Gasteiger partial charge in [-0.25, -0.2) is 0 Å². The van der Waals surface area contributed by atoms with E-state index < -0.39 is 0 Å². The zero-order valence-electron chi connectivity index (χ0n) is 11.4.